The van der Waals surface area contributed by atoms with Crippen LogP contribution in [-0.4, -0.2) is 52.8 Å². The number of amides is 2. The van der Waals surface area contributed by atoms with E-state index in [1.165, 1.54) is 12.1 Å². The molecule has 1 fully saturated rings. The molecular formula is C22H20F3N3O2. The topological polar surface area (TPSA) is 56.4 Å². The molecule has 1 N–H and O–H groups in total. The van der Waals surface area contributed by atoms with E-state index in [0.29, 0.717) is 42.6 Å². The van der Waals surface area contributed by atoms with E-state index in [1.54, 1.807) is 21.9 Å². The summed E-state index contributed by atoms with van der Waals surface area (Å²) in [5.74, 6) is -0.366. The number of carbonyl (C=O) groups is 2. The molecule has 0 spiro atoms. The van der Waals surface area contributed by atoms with Gasteiger partial charge >= 0.3 is 6.18 Å². The van der Waals surface area contributed by atoms with Crippen molar-refractivity contribution in [3.8, 4) is 0 Å². The van der Waals surface area contributed by atoms with Gasteiger partial charge in [-0.2, -0.15) is 13.2 Å². The number of fused-ring (bicyclic) bond motifs is 1. The summed E-state index contributed by atoms with van der Waals surface area (Å²) in [5, 5.41) is 0.335. The molecule has 1 aromatic heterocycles. The standard InChI is InChI=1S/C22H20F3N3O2/c1-14-2-4-15(5-3-14)20(29)27-8-10-28(11-9-27)21(30)19-13-16-12-17(22(23,24)25)6-7-18(16)26-19/h2-7,12-13,26H,8-11H2,1H3. The number of hydrogen-bond acceptors (Lipinski definition) is 2. The van der Waals surface area contributed by atoms with Gasteiger partial charge in [-0.25, -0.2) is 0 Å². The van der Waals surface area contributed by atoms with Gasteiger partial charge in [0.15, 0.2) is 0 Å². The van der Waals surface area contributed by atoms with Crippen molar-refractivity contribution in [2.45, 2.75) is 13.1 Å². The zero-order valence-electron chi connectivity index (χ0n) is 16.3. The smallest absolute Gasteiger partial charge is 0.351 e. The molecule has 3 aromatic rings. The van der Waals surface area contributed by atoms with Crippen LogP contribution in [0.1, 0.15) is 32.0 Å². The Bertz CT molecular complexity index is 1100. The maximum absolute atomic E-state index is 12.9. The lowest BCUT2D eigenvalue weighted by atomic mass is 10.1. The molecule has 0 atom stereocenters. The van der Waals surface area contributed by atoms with Crippen LogP contribution >= 0.6 is 0 Å². The molecule has 8 heteroatoms. The Hall–Kier alpha value is -3.29. The highest BCUT2D eigenvalue weighted by atomic mass is 19.4. The molecule has 0 unspecified atom stereocenters. The monoisotopic (exact) mass is 415 g/mol. The van der Waals surface area contributed by atoms with Crippen molar-refractivity contribution in [1.29, 1.82) is 0 Å². The molecule has 30 heavy (non-hydrogen) atoms. The van der Waals surface area contributed by atoms with E-state index in [1.807, 2.05) is 19.1 Å². The number of benzene rings is 2. The van der Waals surface area contributed by atoms with Gasteiger partial charge in [-0.05, 0) is 43.3 Å². The maximum Gasteiger partial charge on any atom is 0.416 e. The minimum Gasteiger partial charge on any atom is -0.351 e. The van der Waals surface area contributed by atoms with Gasteiger partial charge in [0.1, 0.15) is 5.69 Å². The summed E-state index contributed by atoms with van der Waals surface area (Å²) >= 11 is 0. The minimum atomic E-state index is -4.43. The number of hydrogen-bond donors (Lipinski definition) is 1. The number of piperazine rings is 1. The zero-order valence-corrected chi connectivity index (χ0v) is 16.3. The van der Waals surface area contributed by atoms with Crippen molar-refractivity contribution < 1.29 is 22.8 Å². The Morgan fingerprint density at radius 1 is 0.867 bits per heavy atom. The van der Waals surface area contributed by atoms with Crippen LogP contribution in [0.5, 0.6) is 0 Å². The number of aromatic nitrogens is 1. The number of rotatable bonds is 2. The van der Waals surface area contributed by atoms with Gasteiger partial charge in [-0.1, -0.05) is 17.7 Å². The van der Waals surface area contributed by atoms with Gasteiger partial charge in [0.2, 0.25) is 0 Å². The summed E-state index contributed by atoms with van der Waals surface area (Å²) in [6.45, 7) is 3.47. The Morgan fingerprint density at radius 3 is 2.07 bits per heavy atom. The van der Waals surface area contributed by atoms with Gasteiger partial charge in [0, 0.05) is 42.6 Å². The molecule has 156 valence electrons. The Labute approximate surface area is 171 Å². The van der Waals surface area contributed by atoms with Crippen molar-refractivity contribution >= 4 is 22.7 Å². The lowest BCUT2D eigenvalue weighted by molar-refractivity contribution is -0.137. The van der Waals surface area contributed by atoms with E-state index < -0.39 is 11.7 Å². The van der Waals surface area contributed by atoms with Crippen LogP contribution in [-0.2, 0) is 6.18 Å². The summed E-state index contributed by atoms with van der Waals surface area (Å²) in [5.41, 5.74) is 1.64. The zero-order chi connectivity index (χ0) is 21.5. The molecule has 2 aromatic carbocycles. The van der Waals surface area contributed by atoms with Gasteiger partial charge in [-0.3, -0.25) is 9.59 Å². The number of nitrogens with one attached hydrogen (secondary N) is 1. The highest BCUT2D eigenvalue weighted by Gasteiger charge is 2.31. The van der Waals surface area contributed by atoms with Crippen molar-refractivity contribution in [2.75, 3.05) is 26.2 Å². The second-order valence-corrected chi connectivity index (χ2v) is 7.43. The third kappa shape index (κ3) is 3.90. The van der Waals surface area contributed by atoms with Crippen LogP contribution < -0.4 is 0 Å². The van der Waals surface area contributed by atoms with Crippen molar-refractivity contribution in [2.24, 2.45) is 0 Å². The number of halogens is 3. The molecule has 0 bridgehead atoms. The summed E-state index contributed by atoms with van der Waals surface area (Å²) < 4.78 is 38.7. The van der Waals surface area contributed by atoms with Gasteiger partial charge in [0.05, 0.1) is 5.56 Å². The van der Waals surface area contributed by atoms with Crippen molar-refractivity contribution in [3.63, 3.8) is 0 Å². The van der Waals surface area contributed by atoms with E-state index in [9.17, 15) is 22.8 Å². The normalized spacial score (nSPS) is 14.9. The van der Waals surface area contributed by atoms with Crippen LogP contribution in [0.2, 0.25) is 0 Å². The number of H-pyrrole nitrogens is 1. The number of aryl methyl sites for hydroxylation is 1. The second kappa shape index (κ2) is 7.51. The minimum absolute atomic E-state index is 0.0765. The molecule has 1 aliphatic rings. The van der Waals surface area contributed by atoms with Gasteiger partial charge in [0.25, 0.3) is 11.8 Å². The summed E-state index contributed by atoms with van der Waals surface area (Å²) in [4.78, 5) is 31.6. The third-order valence-electron chi connectivity index (χ3n) is 5.33. The number of carbonyl (C=O) groups excluding carboxylic acids is 2. The fourth-order valence-electron chi connectivity index (χ4n) is 3.59. The first-order valence-corrected chi connectivity index (χ1v) is 9.57. The van der Waals surface area contributed by atoms with Crippen LogP contribution in [0.25, 0.3) is 10.9 Å². The largest absolute Gasteiger partial charge is 0.416 e. The fourth-order valence-corrected chi connectivity index (χ4v) is 3.59. The number of aromatic amines is 1. The molecular weight excluding hydrogens is 395 g/mol. The van der Waals surface area contributed by atoms with Gasteiger partial charge in [-0.15, -0.1) is 0 Å². The third-order valence-corrected chi connectivity index (χ3v) is 5.33. The highest BCUT2D eigenvalue weighted by Crippen LogP contribution is 2.31. The summed E-state index contributed by atoms with van der Waals surface area (Å²) in [6.07, 6.45) is -4.43. The fraction of sp³-hybridized carbons (Fsp3) is 0.273. The molecule has 0 saturated carbocycles. The molecule has 1 aliphatic heterocycles. The van der Waals surface area contributed by atoms with E-state index in [-0.39, 0.29) is 17.5 Å². The van der Waals surface area contributed by atoms with E-state index in [4.69, 9.17) is 0 Å². The molecule has 1 saturated heterocycles. The van der Waals surface area contributed by atoms with Crippen molar-refractivity contribution in [3.05, 3.63) is 70.9 Å². The Morgan fingerprint density at radius 2 is 1.47 bits per heavy atom. The molecule has 2 amide bonds. The Balaban J connectivity index is 1.44. The first-order chi connectivity index (χ1) is 14.2. The van der Waals surface area contributed by atoms with Crippen LogP contribution in [0.3, 0.4) is 0 Å². The molecule has 2 heterocycles. The first kappa shape index (κ1) is 20.0. The lowest BCUT2D eigenvalue weighted by Gasteiger charge is -2.34. The number of nitrogens with zero attached hydrogens (tertiary/aromatic N) is 2. The highest BCUT2D eigenvalue weighted by molar-refractivity contribution is 5.98. The average Bonchev–Trinajstić information content (AvgIpc) is 3.16. The van der Waals surface area contributed by atoms with E-state index in [0.717, 1.165) is 17.7 Å². The predicted octanol–water partition coefficient (Wildman–Crippen LogP) is 4.09. The first-order valence-electron chi connectivity index (χ1n) is 9.57. The van der Waals surface area contributed by atoms with Crippen LogP contribution in [0.4, 0.5) is 13.2 Å². The van der Waals surface area contributed by atoms with E-state index in [2.05, 4.69) is 4.98 Å². The van der Waals surface area contributed by atoms with Crippen LogP contribution in [0, 0.1) is 6.92 Å². The predicted molar refractivity (Wildman–Crippen MR) is 106 cm³/mol. The van der Waals surface area contributed by atoms with Crippen molar-refractivity contribution in [1.82, 2.24) is 14.8 Å². The second-order valence-electron chi connectivity index (χ2n) is 7.43. The number of alkyl halides is 3. The molecule has 0 aliphatic carbocycles. The molecule has 5 nitrogen and oxygen atoms in total. The van der Waals surface area contributed by atoms with Gasteiger partial charge < -0.3 is 14.8 Å². The lowest BCUT2D eigenvalue weighted by Crippen LogP contribution is -2.50. The quantitative estimate of drug-likeness (QED) is 0.685. The van der Waals surface area contributed by atoms with E-state index >= 15 is 0 Å². The molecule has 4 rings (SSSR count). The Kier molecular flexibility index (Phi) is 5.01. The maximum atomic E-state index is 12.9. The summed E-state index contributed by atoms with van der Waals surface area (Å²) in [6, 6.07) is 12.1. The molecule has 0 radical (unpaired) electrons. The summed E-state index contributed by atoms with van der Waals surface area (Å²) in [7, 11) is 0. The average molecular weight is 415 g/mol. The van der Waals surface area contributed by atoms with Crippen LogP contribution in [0.15, 0.2) is 48.5 Å². The SMILES string of the molecule is Cc1ccc(C(=O)N2CCN(C(=O)c3cc4cc(C(F)(F)F)ccc4[nH]3)CC2)cc1.